The van der Waals surface area contributed by atoms with Crippen LogP contribution in [0, 0.1) is 0 Å². The lowest BCUT2D eigenvalue weighted by Crippen LogP contribution is -2.27. The van der Waals surface area contributed by atoms with Crippen LogP contribution in [0.4, 0.5) is 0 Å². The van der Waals surface area contributed by atoms with E-state index in [0.29, 0.717) is 0 Å². The minimum absolute atomic E-state index is 0.157. The maximum absolute atomic E-state index is 3.92. The molecular weight excluding hydrogens is 220 g/mol. The normalized spacial score (nSPS) is 11.3. The van der Waals surface area contributed by atoms with Gasteiger partial charge in [-0.15, -0.1) is 6.58 Å². The quantitative estimate of drug-likeness (QED) is 0.567. The smallest absolute Gasteiger partial charge is 0.0222 e. The van der Waals surface area contributed by atoms with Crippen LogP contribution in [-0.2, 0) is 5.04 Å². The van der Waals surface area contributed by atoms with E-state index in [0.717, 1.165) is 16.7 Å². The molecule has 0 aliphatic rings. The van der Waals surface area contributed by atoms with E-state index in [4.69, 9.17) is 0 Å². The molecular formula is C16H18Si. The average Bonchev–Trinajstić information content (AvgIpc) is 2.41. The van der Waals surface area contributed by atoms with E-state index in [1.807, 2.05) is 6.08 Å². The number of benzene rings is 2. The Kier molecular flexibility index (Phi) is 3.60. The predicted molar refractivity (Wildman–Crippen MR) is 78.4 cm³/mol. The number of rotatable bonds is 4. The number of hydrogen-bond donors (Lipinski definition) is 0. The highest BCUT2D eigenvalue weighted by Gasteiger charge is 2.26. The van der Waals surface area contributed by atoms with Crippen LogP contribution in [0.25, 0.3) is 0 Å². The van der Waals surface area contributed by atoms with Gasteiger partial charge in [0.05, 0.1) is 0 Å². The van der Waals surface area contributed by atoms with Crippen LogP contribution >= 0.6 is 0 Å². The van der Waals surface area contributed by atoms with Crippen molar-refractivity contribution in [3.8, 4) is 0 Å². The highest BCUT2D eigenvalue weighted by molar-refractivity contribution is 6.18. The summed E-state index contributed by atoms with van der Waals surface area (Å²) in [5.74, 6) is 0. The standard InChI is InChI=1S/C16H18Si/c1-2-13-16(17,14-9-5-3-6-10-14)15-11-7-4-8-12-15/h2-12H,1,13H2,17H3. The molecule has 0 amide bonds. The van der Waals surface area contributed by atoms with Gasteiger partial charge in [-0.05, 0) is 17.5 Å². The van der Waals surface area contributed by atoms with E-state index in [1.165, 1.54) is 11.1 Å². The molecule has 0 bridgehead atoms. The predicted octanol–water partition coefficient (Wildman–Crippen LogP) is 2.87. The van der Waals surface area contributed by atoms with Crippen LogP contribution < -0.4 is 0 Å². The molecule has 0 N–H and O–H groups in total. The summed E-state index contributed by atoms with van der Waals surface area (Å²) in [6.45, 7) is 3.92. The Labute approximate surface area is 106 Å². The van der Waals surface area contributed by atoms with E-state index in [9.17, 15) is 0 Å². The molecule has 2 aromatic carbocycles. The first kappa shape index (κ1) is 11.9. The zero-order valence-electron chi connectivity index (χ0n) is 10.3. The first-order valence-electron chi connectivity index (χ1n) is 5.99. The largest absolute Gasteiger partial charge is 0.103 e. The van der Waals surface area contributed by atoms with Crippen molar-refractivity contribution in [2.24, 2.45) is 0 Å². The second-order valence-corrected chi connectivity index (χ2v) is 6.26. The molecule has 2 aromatic rings. The second-order valence-electron chi connectivity index (χ2n) is 4.56. The van der Waals surface area contributed by atoms with E-state index < -0.39 is 0 Å². The fourth-order valence-corrected chi connectivity index (χ4v) is 3.26. The molecule has 0 saturated heterocycles. The molecule has 2 rings (SSSR count). The Hall–Kier alpha value is -1.60. The van der Waals surface area contributed by atoms with E-state index in [2.05, 4.69) is 67.2 Å². The monoisotopic (exact) mass is 238 g/mol. The molecule has 0 fully saturated rings. The average molecular weight is 238 g/mol. The van der Waals surface area contributed by atoms with E-state index >= 15 is 0 Å². The van der Waals surface area contributed by atoms with Gasteiger partial charge in [0.15, 0.2) is 0 Å². The summed E-state index contributed by atoms with van der Waals surface area (Å²) in [7, 11) is 1.08. The van der Waals surface area contributed by atoms with Gasteiger partial charge >= 0.3 is 0 Å². The summed E-state index contributed by atoms with van der Waals surface area (Å²) in [6.07, 6.45) is 3.04. The number of hydrogen-bond acceptors (Lipinski definition) is 0. The van der Waals surface area contributed by atoms with Gasteiger partial charge in [-0.2, -0.15) is 0 Å². The van der Waals surface area contributed by atoms with Crippen molar-refractivity contribution in [1.82, 2.24) is 0 Å². The highest BCUT2D eigenvalue weighted by atomic mass is 28.1. The Bertz CT molecular complexity index is 434. The lowest BCUT2D eigenvalue weighted by molar-refractivity contribution is 0.739. The van der Waals surface area contributed by atoms with Gasteiger partial charge in [-0.3, -0.25) is 0 Å². The summed E-state index contributed by atoms with van der Waals surface area (Å²) >= 11 is 0. The van der Waals surface area contributed by atoms with Crippen LogP contribution in [0.1, 0.15) is 17.5 Å². The van der Waals surface area contributed by atoms with Crippen molar-refractivity contribution >= 4 is 10.2 Å². The van der Waals surface area contributed by atoms with Crippen molar-refractivity contribution in [2.45, 2.75) is 11.5 Å². The van der Waals surface area contributed by atoms with Gasteiger partial charge in [0.2, 0.25) is 0 Å². The first-order valence-corrected chi connectivity index (χ1v) is 6.99. The third kappa shape index (κ3) is 2.39. The minimum Gasteiger partial charge on any atom is -0.103 e. The summed E-state index contributed by atoms with van der Waals surface area (Å²) in [4.78, 5) is 0. The zero-order valence-corrected chi connectivity index (χ0v) is 12.3. The summed E-state index contributed by atoms with van der Waals surface area (Å²) in [5.41, 5.74) is 2.80. The van der Waals surface area contributed by atoms with Crippen LogP contribution in [0.15, 0.2) is 73.3 Å². The van der Waals surface area contributed by atoms with Crippen LogP contribution in [0.5, 0.6) is 0 Å². The Morgan fingerprint density at radius 1 is 0.882 bits per heavy atom. The molecule has 0 spiro atoms. The fraction of sp³-hybridized carbons (Fsp3) is 0.125. The molecule has 0 aromatic heterocycles. The topological polar surface area (TPSA) is 0 Å². The molecule has 1 heteroatoms. The van der Waals surface area contributed by atoms with Crippen LogP contribution in [0.3, 0.4) is 0 Å². The fourth-order valence-electron chi connectivity index (χ4n) is 2.30. The molecule has 17 heavy (non-hydrogen) atoms. The zero-order chi connectivity index (χ0) is 12.1. The van der Waals surface area contributed by atoms with Crippen molar-refractivity contribution < 1.29 is 0 Å². The molecule has 0 radical (unpaired) electrons. The Morgan fingerprint density at radius 2 is 1.29 bits per heavy atom. The summed E-state index contributed by atoms with van der Waals surface area (Å²) < 4.78 is 0. The van der Waals surface area contributed by atoms with Gasteiger partial charge in [-0.25, -0.2) is 0 Å². The van der Waals surface area contributed by atoms with Gasteiger partial charge in [0.25, 0.3) is 0 Å². The molecule has 0 aliphatic heterocycles. The van der Waals surface area contributed by atoms with Crippen molar-refractivity contribution in [1.29, 1.82) is 0 Å². The summed E-state index contributed by atoms with van der Waals surface area (Å²) in [6, 6.07) is 21.5. The molecule has 0 atom stereocenters. The van der Waals surface area contributed by atoms with Gasteiger partial charge in [0, 0.05) is 15.3 Å². The third-order valence-electron chi connectivity index (χ3n) is 3.37. The molecule has 0 aliphatic carbocycles. The molecule has 0 heterocycles. The third-order valence-corrected chi connectivity index (χ3v) is 4.94. The molecule has 0 nitrogen and oxygen atoms in total. The van der Waals surface area contributed by atoms with Crippen LogP contribution in [-0.4, -0.2) is 10.2 Å². The van der Waals surface area contributed by atoms with E-state index in [1.54, 1.807) is 0 Å². The van der Waals surface area contributed by atoms with Crippen molar-refractivity contribution in [3.63, 3.8) is 0 Å². The Morgan fingerprint density at radius 3 is 1.65 bits per heavy atom. The Balaban J connectivity index is 2.50. The van der Waals surface area contributed by atoms with Gasteiger partial charge in [-0.1, -0.05) is 66.7 Å². The SMILES string of the molecule is C=CCC([SiH3])(c1ccccc1)c1ccccc1. The van der Waals surface area contributed by atoms with Crippen molar-refractivity contribution in [3.05, 3.63) is 84.4 Å². The maximum Gasteiger partial charge on any atom is 0.0222 e. The maximum atomic E-state index is 3.92. The second kappa shape index (κ2) is 5.15. The lowest BCUT2D eigenvalue weighted by Gasteiger charge is -2.30. The molecule has 0 saturated carbocycles. The van der Waals surface area contributed by atoms with Gasteiger partial charge < -0.3 is 0 Å². The van der Waals surface area contributed by atoms with E-state index in [-0.39, 0.29) is 5.04 Å². The molecule has 86 valence electrons. The molecule has 0 unspecified atom stereocenters. The van der Waals surface area contributed by atoms with Gasteiger partial charge in [0.1, 0.15) is 0 Å². The van der Waals surface area contributed by atoms with Crippen LogP contribution in [0.2, 0.25) is 0 Å². The number of allylic oxidation sites excluding steroid dienone is 1. The first-order chi connectivity index (χ1) is 8.27. The highest BCUT2D eigenvalue weighted by Crippen LogP contribution is 2.32. The summed E-state index contributed by atoms with van der Waals surface area (Å²) in [5, 5.41) is 0.157. The minimum atomic E-state index is 0.157. The lowest BCUT2D eigenvalue weighted by atomic mass is 9.87. The van der Waals surface area contributed by atoms with Crippen molar-refractivity contribution in [2.75, 3.05) is 0 Å².